The zero-order valence-corrected chi connectivity index (χ0v) is 23.5. The van der Waals surface area contributed by atoms with Crippen LogP contribution in [-0.2, 0) is 6.61 Å². The van der Waals surface area contributed by atoms with E-state index in [4.69, 9.17) is 16.3 Å². The number of rotatable bonds is 8. The van der Waals surface area contributed by atoms with Crippen LogP contribution in [0.1, 0.15) is 27.2 Å². The zero-order valence-electron chi connectivity index (χ0n) is 21.1. The van der Waals surface area contributed by atoms with E-state index < -0.39 is 0 Å². The van der Waals surface area contributed by atoms with Crippen molar-refractivity contribution in [2.75, 3.05) is 0 Å². The molecule has 0 fully saturated rings. The first-order valence-electron chi connectivity index (χ1n) is 12.3. The van der Waals surface area contributed by atoms with Crippen molar-refractivity contribution < 1.29 is 9.53 Å². The third-order valence-corrected chi connectivity index (χ3v) is 6.93. The minimum atomic E-state index is -0.302. The van der Waals surface area contributed by atoms with Gasteiger partial charge in [0.25, 0.3) is 5.91 Å². The van der Waals surface area contributed by atoms with Crippen molar-refractivity contribution in [3.8, 4) is 22.7 Å². The van der Waals surface area contributed by atoms with Crippen LogP contribution in [0.3, 0.4) is 0 Å². The molecule has 0 spiro atoms. The lowest BCUT2D eigenvalue weighted by atomic mass is 10.1. The lowest BCUT2D eigenvalue weighted by Gasteiger charge is -2.13. The first kappa shape index (κ1) is 26.5. The van der Waals surface area contributed by atoms with Crippen LogP contribution in [0.2, 0.25) is 5.02 Å². The Morgan fingerprint density at radius 3 is 2.44 bits per heavy atom. The standard InChI is InChI=1S/C32H25BrClN3O2/c1-22-7-17-30(24-5-3-2-4-6-24)37(22)29-15-10-25(11-16-29)32(38)36-35-20-26-19-27(33)12-18-31(26)39-21-23-8-13-28(34)14-9-23/h2-20H,21H2,1H3,(H,36,38)/b35-20+. The van der Waals surface area contributed by atoms with Gasteiger partial charge in [-0.25, -0.2) is 5.43 Å². The quantitative estimate of drug-likeness (QED) is 0.145. The van der Waals surface area contributed by atoms with Crippen LogP contribution in [0.5, 0.6) is 5.75 Å². The summed E-state index contributed by atoms with van der Waals surface area (Å²) in [6.07, 6.45) is 1.57. The van der Waals surface area contributed by atoms with Crippen LogP contribution in [0.25, 0.3) is 16.9 Å². The van der Waals surface area contributed by atoms with Gasteiger partial charge in [0.15, 0.2) is 0 Å². The van der Waals surface area contributed by atoms with Gasteiger partial charge in [0.2, 0.25) is 0 Å². The van der Waals surface area contributed by atoms with Crippen LogP contribution in [0, 0.1) is 6.92 Å². The molecule has 0 bridgehead atoms. The topological polar surface area (TPSA) is 55.6 Å². The minimum Gasteiger partial charge on any atom is -0.488 e. The van der Waals surface area contributed by atoms with Crippen molar-refractivity contribution in [1.82, 2.24) is 9.99 Å². The summed E-state index contributed by atoms with van der Waals surface area (Å²) < 4.78 is 9.04. The smallest absolute Gasteiger partial charge is 0.271 e. The third-order valence-electron chi connectivity index (χ3n) is 6.18. The van der Waals surface area contributed by atoms with E-state index in [1.807, 2.05) is 72.8 Å². The van der Waals surface area contributed by atoms with E-state index in [-0.39, 0.29) is 5.91 Å². The summed E-state index contributed by atoms with van der Waals surface area (Å²) in [5.74, 6) is 0.343. The zero-order chi connectivity index (χ0) is 27.2. The molecule has 1 amide bonds. The highest BCUT2D eigenvalue weighted by molar-refractivity contribution is 9.10. The summed E-state index contributed by atoms with van der Waals surface area (Å²) >= 11 is 9.45. The molecule has 5 nitrogen and oxygen atoms in total. The van der Waals surface area contributed by atoms with Gasteiger partial charge in [0.1, 0.15) is 12.4 Å². The molecular formula is C32H25BrClN3O2. The molecule has 0 aliphatic rings. The van der Waals surface area contributed by atoms with Crippen LogP contribution in [-0.4, -0.2) is 16.7 Å². The van der Waals surface area contributed by atoms with Crippen molar-refractivity contribution >= 4 is 39.7 Å². The molecule has 0 unspecified atom stereocenters. The molecule has 0 aliphatic heterocycles. The van der Waals surface area contributed by atoms with Crippen molar-refractivity contribution in [2.45, 2.75) is 13.5 Å². The van der Waals surface area contributed by atoms with E-state index in [2.05, 4.69) is 62.2 Å². The molecule has 1 heterocycles. The lowest BCUT2D eigenvalue weighted by molar-refractivity contribution is 0.0955. The van der Waals surface area contributed by atoms with Gasteiger partial charge < -0.3 is 9.30 Å². The maximum Gasteiger partial charge on any atom is 0.271 e. The average Bonchev–Trinajstić information content (AvgIpc) is 3.35. The number of nitrogens with zero attached hydrogens (tertiary/aromatic N) is 2. The molecule has 194 valence electrons. The Bertz CT molecular complexity index is 1610. The molecule has 0 aliphatic carbocycles. The van der Waals surface area contributed by atoms with E-state index in [1.54, 1.807) is 18.3 Å². The second-order valence-corrected chi connectivity index (χ2v) is 10.3. The highest BCUT2D eigenvalue weighted by Gasteiger charge is 2.11. The summed E-state index contributed by atoms with van der Waals surface area (Å²) in [5, 5.41) is 4.86. The summed E-state index contributed by atoms with van der Waals surface area (Å²) in [5.41, 5.74) is 9.16. The average molecular weight is 599 g/mol. The van der Waals surface area contributed by atoms with Gasteiger partial charge in [0.05, 0.1) is 11.9 Å². The monoisotopic (exact) mass is 597 g/mol. The molecule has 1 aromatic heterocycles. The summed E-state index contributed by atoms with van der Waals surface area (Å²) in [4.78, 5) is 12.8. The Kier molecular flexibility index (Phi) is 8.25. The summed E-state index contributed by atoms with van der Waals surface area (Å²) in [7, 11) is 0. The number of amides is 1. The number of carbonyl (C=O) groups excluding carboxylic acids is 1. The van der Waals surface area contributed by atoms with E-state index in [0.717, 1.165) is 38.2 Å². The Morgan fingerprint density at radius 2 is 1.69 bits per heavy atom. The molecular weight excluding hydrogens is 574 g/mol. The summed E-state index contributed by atoms with van der Waals surface area (Å²) in [6.45, 7) is 2.45. The molecule has 39 heavy (non-hydrogen) atoms. The maximum absolute atomic E-state index is 12.8. The normalized spacial score (nSPS) is 11.1. The van der Waals surface area contributed by atoms with Crippen LogP contribution >= 0.6 is 27.5 Å². The molecule has 7 heteroatoms. The first-order valence-corrected chi connectivity index (χ1v) is 13.5. The number of benzene rings is 4. The molecule has 1 N–H and O–H groups in total. The molecule has 0 radical (unpaired) electrons. The van der Waals surface area contributed by atoms with E-state index in [1.165, 1.54) is 0 Å². The van der Waals surface area contributed by atoms with Gasteiger partial charge in [-0.3, -0.25) is 4.79 Å². The van der Waals surface area contributed by atoms with Crippen LogP contribution < -0.4 is 10.2 Å². The minimum absolute atomic E-state index is 0.302. The third kappa shape index (κ3) is 6.48. The van der Waals surface area contributed by atoms with E-state index >= 15 is 0 Å². The van der Waals surface area contributed by atoms with Gasteiger partial charge >= 0.3 is 0 Å². The van der Waals surface area contributed by atoms with Crippen LogP contribution in [0.4, 0.5) is 0 Å². The highest BCUT2D eigenvalue weighted by Crippen LogP contribution is 2.27. The lowest BCUT2D eigenvalue weighted by Crippen LogP contribution is -2.17. The predicted octanol–water partition coefficient (Wildman–Crippen LogP) is 8.21. The number of carbonyl (C=O) groups is 1. The van der Waals surface area contributed by atoms with Gasteiger partial charge in [-0.1, -0.05) is 70.0 Å². The fourth-order valence-corrected chi connectivity index (χ4v) is 4.70. The second kappa shape index (κ2) is 12.2. The Morgan fingerprint density at radius 1 is 0.949 bits per heavy atom. The molecule has 0 atom stereocenters. The van der Waals surface area contributed by atoms with Crippen molar-refractivity contribution in [2.24, 2.45) is 5.10 Å². The van der Waals surface area contributed by atoms with Gasteiger partial charge in [-0.05, 0) is 84.8 Å². The van der Waals surface area contributed by atoms with Gasteiger partial charge in [-0.15, -0.1) is 0 Å². The number of hydrogen-bond acceptors (Lipinski definition) is 3. The molecule has 5 rings (SSSR count). The van der Waals surface area contributed by atoms with Gasteiger partial charge in [-0.2, -0.15) is 5.10 Å². The highest BCUT2D eigenvalue weighted by atomic mass is 79.9. The number of aryl methyl sites for hydroxylation is 1. The maximum atomic E-state index is 12.8. The SMILES string of the molecule is Cc1ccc(-c2ccccc2)n1-c1ccc(C(=O)N/N=C/c2cc(Br)ccc2OCc2ccc(Cl)cc2)cc1. The largest absolute Gasteiger partial charge is 0.488 e. The fourth-order valence-electron chi connectivity index (χ4n) is 4.20. The summed E-state index contributed by atoms with van der Waals surface area (Å²) in [6, 6.07) is 35.0. The first-order chi connectivity index (χ1) is 19.0. The molecule has 5 aromatic rings. The number of nitrogens with one attached hydrogen (secondary N) is 1. The number of ether oxygens (including phenoxy) is 1. The molecule has 0 saturated heterocycles. The Labute approximate surface area is 240 Å². The van der Waals surface area contributed by atoms with E-state index in [0.29, 0.717) is 22.9 Å². The number of hydrazone groups is 1. The fraction of sp³-hybridized carbons (Fsp3) is 0.0625. The Balaban J connectivity index is 1.27. The predicted molar refractivity (Wildman–Crippen MR) is 161 cm³/mol. The number of aromatic nitrogens is 1. The molecule has 0 saturated carbocycles. The molecule has 4 aromatic carbocycles. The number of halogens is 2. The van der Waals surface area contributed by atoms with Crippen LogP contribution in [0.15, 0.2) is 119 Å². The van der Waals surface area contributed by atoms with Crippen molar-refractivity contribution in [1.29, 1.82) is 0 Å². The van der Waals surface area contributed by atoms with Gasteiger partial charge in [0, 0.05) is 32.0 Å². The van der Waals surface area contributed by atoms with Crippen molar-refractivity contribution in [3.63, 3.8) is 0 Å². The second-order valence-electron chi connectivity index (χ2n) is 8.90. The Hall–Kier alpha value is -4.13. The van der Waals surface area contributed by atoms with E-state index in [9.17, 15) is 4.79 Å². The number of hydrogen-bond donors (Lipinski definition) is 1. The van der Waals surface area contributed by atoms with Crippen molar-refractivity contribution in [3.05, 3.63) is 141 Å².